The van der Waals surface area contributed by atoms with E-state index in [1.54, 1.807) is 17.0 Å². The van der Waals surface area contributed by atoms with Gasteiger partial charge in [0.15, 0.2) is 5.82 Å². The van der Waals surface area contributed by atoms with Crippen molar-refractivity contribution in [3.63, 3.8) is 0 Å². The number of aromatic nitrogens is 1. The van der Waals surface area contributed by atoms with Crippen LogP contribution in [0.25, 0.3) is 0 Å². The van der Waals surface area contributed by atoms with Crippen LogP contribution in [0.15, 0.2) is 12.1 Å². The Morgan fingerprint density at radius 1 is 1.25 bits per heavy atom. The van der Waals surface area contributed by atoms with Gasteiger partial charge in [-0.05, 0) is 19.1 Å². The van der Waals surface area contributed by atoms with Gasteiger partial charge in [-0.3, -0.25) is 4.79 Å². The van der Waals surface area contributed by atoms with E-state index in [4.69, 9.17) is 5.73 Å². The highest BCUT2D eigenvalue weighted by Crippen LogP contribution is 2.24. The van der Waals surface area contributed by atoms with Crippen LogP contribution in [0.5, 0.6) is 0 Å². The highest BCUT2D eigenvalue weighted by molar-refractivity contribution is 5.82. The average molecular weight is 288 g/mol. The number of rotatable bonds is 1. The first-order chi connectivity index (χ1) is 9.29. The maximum atomic E-state index is 12.3. The quantitative estimate of drug-likeness (QED) is 0.843. The molecule has 0 bridgehead atoms. The van der Waals surface area contributed by atoms with E-state index >= 15 is 0 Å². The van der Waals surface area contributed by atoms with Crippen LogP contribution in [0.1, 0.15) is 5.69 Å². The highest BCUT2D eigenvalue weighted by Gasteiger charge is 2.43. The zero-order chi connectivity index (χ0) is 14.9. The Labute approximate surface area is 114 Å². The lowest BCUT2D eigenvalue weighted by atomic mass is 10.2. The molecule has 2 rings (SSSR count). The Morgan fingerprint density at radius 2 is 1.85 bits per heavy atom. The number of hydrogen-bond acceptors (Lipinski definition) is 4. The molecule has 1 saturated heterocycles. The summed E-state index contributed by atoms with van der Waals surface area (Å²) >= 11 is 0. The highest BCUT2D eigenvalue weighted by atomic mass is 19.4. The van der Waals surface area contributed by atoms with Crippen LogP contribution in [0.4, 0.5) is 24.7 Å². The van der Waals surface area contributed by atoms with Crippen LogP contribution < -0.4 is 10.6 Å². The van der Waals surface area contributed by atoms with E-state index in [1.165, 1.54) is 0 Å². The monoisotopic (exact) mass is 288 g/mol. The summed E-state index contributed by atoms with van der Waals surface area (Å²) in [5.41, 5.74) is 7.08. The van der Waals surface area contributed by atoms with Gasteiger partial charge in [-0.1, -0.05) is 0 Å². The third-order valence-electron chi connectivity index (χ3n) is 3.15. The molecule has 1 aliphatic heterocycles. The first-order valence-corrected chi connectivity index (χ1v) is 6.13. The number of nitrogen functional groups attached to an aromatic ring is 1. The summed E-state index contributed by atoms with van der Waals surface area (Å²) in [5.74, 6) is -1.23. The fraction of sp³-hybridized carbons (Fsp3) is 0.500. The maximum Gasteiger partial charge on any atom is 0.471 e. The van der Waals surface area contributed by atoms with Gasteiger partial charge >= 0.3 is 12.1 Å². The molecule has 0 saturated carbocycles. The second-order valence-corrected chi connectivity index (χ2v) is 4.64. The van der Waals surface area contributed by atoms with E-state index in [-0.39, 0.29) is 26.2 Å². The third kappa shape index (κ3) is 2.94. The van der Waals surface area contributed by atoms with Crippen molar-refractivity contribution in [2.45, 2.75) is 13.1 Å². The number of aryl methyl sites for hydroxylation is 1. The van der Waals surface area contributed by atoms with Gasteiger partial charge in [0, 0.05) is 31.9 Å². The molecule has 110 valence electrons. The van der Waals surface area contributed by atoms with Crippen molar-refractivity contribution in [2.24, 2.45) is 0 Å². The van der Waals surface area contributed by atoms with Gasteiger partial charge in [-0.15, -0.1) is 0 Å². The molecule has 0 unspecified atom stereocenters. The number of anilines is 2. The minimum atomic E-state index is -4.82. The number of alkyl halides is 3. The van der Waals surface area contributed by atoms with Gasteiger partial charge < -0.3 is 15.5 Å². The molecule has 20 heavy (non-hydrogen) atoms. The van der Waals surface area contributed by atoms with Crippen molar-refractivity contribution in [1.29, 1.82) is 0 Å². The molecule has 1 amide bonds. The Bertz CT molecular complexity index is 510. The Balaban J connectivity index is 2.05. The number of nitrogens with zero attached hydrogens (tertiary/aromatic N) is 3. The largest absolute Gasteiger partial charge is 0.471 e. The minimum absolute atomic E-state index is 0.00735. The number of amides is 1. The smallest absolute Gasteiger partial charge is 0.396 e. The number of carbonyl (C=O) groups is 1. The molecule has 8 heteroatoms. The molecule has 0 spiro atoms. The standard InChI is InChI=1S/C12H15F3N4O/c1-8-2-3-9(16)10(17-8)18-4-6-19(7-5-18)11(20)12(13,14)15/h2-3H,4-7,16H2,1H3. The van der Waals surface area contributed by atoms with Crippen molar-refractivity contribution in [3.05, 3.63) is 17.8 Å². The number of hydrogen-bond donors (Lipinski definition) is 1. The van der Waals surface area contributed by atoms with E-state index in [9.17, 15) is 18.0 Å². The second-order valence-electron chi connectivity index (χ2n) is 4.64. The first kappa shape index (κ1) is 14.4. The van der Waals surface area contributed by atoms with E-state index in [1.807, 2.05) is 6.92 Å². The van der Waals surface area contributed by atoms with E-state index in [0.29, 0.717) is 11.5 Å². The van der Waals surface area contributed by atoms with Gasteiger partial charge in [-0.2, -0.15) is 13.2 Å². The van der Waals surface area contributed by atoms with Crippen LogP contribution >= 0.6 is 0 Å². The predicted octanol–water partition coefficient (Wildman–Crippen LogP) is 1.18. The number of halogens is 3. The molecule has 5 nitrogen and oxygen atoms in total. The maximum absolute atomic E-state index is 12.3. The predicted molar refractivity (Wildman–Crippen MR) is 68.2 cm³/mol. The molecule has 1 aromatic heterocycles. The normalized spacial score (nSPS) is 16.4. The van der Waals surface area contributed by atoms with E-state index in [0.717, 1.165) is 10.6 Å². The number of nitrogens with two attached hydrogens (primary N) is 1. The summed E-state index contributed by atoms with van der Waals surface area (Å²) in [4.78, 5) is 18.0. The van der Waals surface area contributed by atoms with Crippen LogP contribution in [0, 0.1) is 6.92 Å². The van der Waals surface area contributed by atoms with Crippen molar-refractivity contribution in [2.75, 3.05) is 36.8 Å². The van der Waals surface area contributed by atoms with E-state index in [2.05, 4.69) is 4.98 Å². The molecule has 0 aliphatic carbocycles. The molecule has 2 N–H and O–H groups in total. The lowest BCUT2D eigenvalue weighted by Crippen LogP contribution is -2.52. The summed E-state index contributed by atoms with van der Waals surface area (Å²) < 4.78 is 37.0. The van der Waals surface area contributed by atoms with Gasteiger partial charge in [-0.25, -0.2) is 4.98 Å². The first-order valence-electron chi connectivity index (χ1n) is 6.13. The van der Waals surface area contributed by atoms with Crippen LogP contribution in [0.2, 0.25) is 0 Å². The summed E-state index contributed by atoms with van der Waals surface area (Å²) in [6.07, 6.45) is -4.82. The number of piperazine rings is 1. The Hall–Kier alpha value is -1.99. The minimum Gasteiger partial charge on any atom is -0.396 e. The van der Waals surface area contributed by atoms with Crippen molar-refractivity contribution in [3.8, 4) is 0 Å². The summed E-state index contributed by atoms with van der Waals surface area (Å²) in [6.45, 7) is 2.39. The molecule has 0 atom stereocenters. The lowest BCUT2D eigenvalue weighted by molar-refractivity contribution is -0.185. The second kappa shape index (κ2) is 5.18. The number of pyridine rings is 1. The topological polar surface area (TPSA) is 62.5 Å². The van der Waals surface area contributed by atoms with Crippen LogP contribution in [-0.4, -0.2) is 48.1 Å². The van der Waals surface area contributed by atoms with Gasteiger partial charge in [0.25, 0.3) is 0 Å². The van der Waals surface area contributed by atoms with Crippen molar-refractivity contribution in [1.82, 2.24) is 9.88 Å². The molecule has 2 heterocycles. The average Bonchev–Trinajstić information content (AvgIpc) is 2.40. The van der Waals surface area contributed by atoms with Crippen LogP contribution in [-0.2, 0) is 4.79 Å². The van der Waals surface area contributed by atoms with E-state index < -0.39 is 12.1 Å². The van der Waals surface area contributed by atoms with Crippen molar-refractivity contribution >= 4 is 17.4 Å². The van der Waals surface area contributed by atoms with Crippen LogP contribution in [0.3, 0.4) is 0 Å². The Kier molecular flexibility index (Phi) is 3.74. The van der Waals surface area contributed by atoms with Gasteiger partial charge in [0.2, 0.25) is 0 Å². The van der Waals surface area contributed by atoms with Crippen molar-refractivity contribution < 1.29 is 18.0 Å². The molecular formula is C12H15F3N4O. The summed E-state index contributed by atoms with van der Waals surface area (Å²) in [5, 5.41) is 0. The third-order valence-corrected chi connectivity index (χ3v) is 3.15. The molecule has 1 fully saturated rings. The molecule has 1 aromatic rings. The molecular weight excluding hydrogens is 273 g/mol. The molecule has 1 aliphatic rings. The number of carbonyl (C=O) groups excluding carboxylic acids is 1. The van der Waals surface area contributed by atoms with Gasteiger partial charge in [0.1, 0.15) is 0 Å². The summed E-state index contributed by atoms with van der Waals surface area (Å²) in [6, 6.07) is 3.48. The fourth-order valence-electron chi connectivity index (χ4n) is 2.11. The molecule has 0 radical (unpaired) electrons. The fourth-order valence-corrected chi connectivity index (χ4v) is 2.11. The lowest BCUT2D eigenvalue weighted by Gasteiger charge is -2.36. The van der Waals surface area contributed by atoms with Gasteiger partial charge in [0.05, 0.1) is 5.69 Å². The SMILES string of the molecule is Cc1ccc(N)c(N2CCN(C(=O)C(F)(F)F)CC2)n1. The molecule has 0 aromatic carbocycles. The Morgan fingerprint density at radius 3 is 2.40 bits per heavy atom. The zero-order valence-corrected chi connectivity index (χ0v) is 10.9. The summed E-state index contributed by atoms with van der Waals surface area (Å²) in [7, 11) is 0. The zero-order valence-electron chi connectivity index (χ0n) is 10.9.